The lowest BCUT2D eigenvalue weighted by atomic mass is 10.3. The summed E-state index contributed by atoms with van der Waals surface area (Å²) in [6, 6.07) is 7.41. The Morgan fingerprint density at radius 3 is 3.05 bits per heavy atom. The number of hydrogen-bond acceptors (Lipinski definition) is 6. The molecule has 0 aliphatic rings. The van der Waals surface area contributed by atoms with E-state index in [1.54, 1.807) is 24.5 Å². The third-order valence-corrected chi connectivity index (χ3v) is 4.66. The first-order valence-electron chi connectivity index (χ1n) is 6.22. The van der Waals surface area contributed by atoms with Gasteiger partial charge >= 0.3 is 0 Å². The van der Waals surface area contributed by atoms with Crippen molar-refractivity contribution in [2.45, 2.75) is 6.42 Å². The highest BCUT2D eigenvalue weighted by Gasteiger charge is 2.12. The molecule has 5 nitrogen and oxygen atoms in total. The van der Waals surface area contributed by atoms with Crippen LogP contribution in [0.4, 0.5) is 10.8 Å². The number of rotatable bonds is 4. The maximum absolute atomic E-state index is 12.0. The zero-order valence-electron chi connectivity index (χ0n) is 11.3. The van der Waals surface area contributed by atoms with Gasteiger partial charge in [-0.3, -0.25) is 4.79 Å². The van der Waals surface area contributed by atoms with E-state index in [9.17, 15) is 4.79 Å². The normalized spacial score (nSPS) is 10.7. The molecule has 0 aliphatic heterocycles. The minimum Gasteiger partial charge on any atom is -0.494 e. The number of fused-ring (bicyclic) bond motifs is 1. The van der Waals surface area contributed by atoms with Crippen molar-refractivity contribution in [3.05, 3.63) is 34.5 Å². The number of nitrogens with two attached hydrogens (primary N) is 1. The molecule has 21 heavy (non-hydrogen) atoms. The maximum atomic E-state index is 12.0. The quantitative estimate of drug-likeness (QED) is 0.724. The highest BCUT2D eigenvalue weighted by molar-refractivity contribution is 7.22. The molecule has 3 aromatic rings. The first kappa shape index (κ1) is 13.8. The summed E-state index contributed by atoms with van der Waals surface area (Å²) in [5.74, 6) is 0.531. The molecule has 0 atom stereocenters. The summed E-state index contributed by atoms with van der Waals surface area (Å²) in [7, 11) is 1.57. The predicted octanol–water partition coefficient (Wildman–Crippen LogP) is 3.13. The van der Waals surface area contributed by atoms with Crippen LogP contribution in [0.2, 0.25) is 0 Å². The fraction of sp³-hybridized carbons (Fsp3) is 0.143. The van der Waals surface area contributed by atoms with Gasteiger partial charge in [0.25, 0.3) is 0 Å². The van der Waals surface area contributed by atoms with Gasteiger partial charge in [-0.15, -0.1) is 11.3 Å². The van der Waals surface area contributed by atoms with Crippen molar-refractivity contribution in [3.8, 4) is 5.75 Å². The lowest BCUT2D eigenvalue weighted by Gasteiger charge is -2.01. The van der Waals surface area contributed by atoms with Gasteiger partial charge in [0.2, 0.25) is 5.91 Å². The van der Waals surface area contributed by atoms with Gasteiger partial charge < -0.3 is 15.8 Å². The zero-order valence-corrected chi connectivity index (χ0v) is 12.9. The standard InChI is InChI=1S/C14H13N3O2S2/c1-19-10-5-8(15)6-11-13(10)17-14(21-11)16-12(18)7-9-3-2-4-20-9/h2-6H,7,15H2,1H3,(H,16,17,18). The first-order valence-corrected chi connectivity index (χ1v) is 7.91. The summed E-state index contributed by atoms with van der Waals surface area (Å²) in [6.45, 7) is 0. The Morgan fingerprint density at radius 2 is 2.33 bits per heavy atom. The van der Waals surface area contributed by atoms with Gasteiger partial charge in [-0.1, -0.05) is 17.4 Å². The Kier molecular flexibility index (Phi) is 3.76. The molecule has 0 bridgehead atoms. The van der Waals surface area contributed by atoms with Gasteiger partial charge in [0.15, 0.2) is 5.13 Å². The number of aromatic nitrogens is 1. The molecule has 1 aromatic carbocycles. The van der Waals surface area contributed by atoms with E-state index in [0.717, 1.165) is 9.58 Å². The van der Waals surface area contributed by atoms with Gasteiger partial charge in [0.1, 0.15) is 11.3 Å². The van der Waals surface area contributed by atoms with E-state index in [0.29, 0.717) is 28.5 Å². The molecule has 0 fully saturated rings. The molecular formula is C14H13N3O2S2. The van der Waals surface area contributed by atoms with Crippen molar-refractivity contribution >= 4 is 49.6 Å². The number of ether oxygens (including phenoxy) is 1. The Balaban J connectivity index is 1.83. The molecule has 1 amide bonds. The minimum atomic E-state index is -0.0801. The van der Waals surface area contributed by atoms with Gasteiger partial charge in [0, 0.05) is 16.6 Å². The summed E-state index contributed by atoms with van der Waals surface area (Å²) in [6.07, 6.45) is 0.354. The lowest BCUT2D eigenvalue weighted by molar-refractivity contribution is -0.115. The van der Waals surface area contributed by atoms with Gasteiger partial charge in [-0.25, -0.2) is 4.98 Å². The number of carbonyl (C=O) groups excluding carboxylic acids is 1. The highest BCUT2D eigenvalue weighted by atomic mass is 32.1. The number of nitrogens with zero attached hydrogens (tertiary/aromatic N) is 1. The molecule has 3 rings (SSSR count). The van der Waals surface area contributed by atoms with Crippen LogP contribution in [0, 0.1) is 0 Å². The smallest absolute Gasteiger partial charge is 0.231 e. The number of benzene rings is 1. The van der Waals surface area contributed by atoms with Gasteiger partial charge in [-0.2, -0.15) is 0 Å². The Bertz CT molecular complexity index is 781. The molecular weight excluding hydrogens is 306 g/mol. The van der Waals surface area contributed by atoms with E-state index < -0.39 is 0 Å². The van der Waals surface area contributed by atoms with Crippen molar-refractivity contribution in [1.82, 2.24) is 4.98 Å². The highest BCUT2D eigenvalue weighted by Crippen LogP contribution is 2.34. The molecule has 2 heterocycles. The SMILES string of the molecule is COc1cc(N)cc2sc(NC(=O)Cc3cccs3)nc12. The Hall–Kier alpha value is -2.12. The molecule has 2 aromatic heterocycles. The van der Waals surface area contributed by atoms with E-state index in [1.807, 2.05) is 23.6 Å². The minimum absolute atomic E-state index is 0.0801. The molecule has 7 heteroatoms. The molecule has 3 N–H and O–H groups in total. The van der Waals surface area contributed by atoms with E-state index >= 15 is 0 Å². The summed E-state index contributed by atoms with van der Waals surface area (Å²) >= 11 is 2.94. The van der Waals surface area contributed by atoms with E-state index in [1.165, 1.54) is 11.3 Å². The number of anilines is 2. The molecule has 0 radical (unpaired) electrons. The van der Waals surface area contributed by atoms with Crippen molar-refractivity contribution in [2.24, 2.45) is 0 Å². The Morgan fingerprint density at radius 1 is 1.48 bits per heavy atom. The second-order valence-electron chi connectivity index (χ2n) is 4.39. The fourth-order valence-corrected chi connectivity index (χ4v) is 3.61. The fourth-order valence-electron chi connectivity index (χ4n) is 1.96. The van der Waals surface area contributed by atoms with Crippen molar-refractivity contribution in [3.63, 3.8) is 0 Å². The average molecular weight is 319 g/mol. The monoisotopic (exact) mass is 319 g/mol. The number of nitrogen functional groups attached to an aromatic ring is 1. The summed E-state index contributed by atoms with van der Waals surface area (Å²) in [5.41, 5.74) is 7.14. The van der Waals surface area contributed by atoms with Crippen LogP contribution in [-0.2, 0) is 11.2 Å². The maximum Gasteiger partial charge on any atom is 0.231 e. The number of nitrogens with one attached hydrogen (secondary N) is 1. The van der Waals surface area contributed by atoms with Crippen LogP contribution in [0.15, 0.2) is 29.6 Å². The van der Waals surface area contributed by atoms with Crippen molar-refractivity contribution in [2.75, 3.05) is 18.2 Å². The number of methoxy groups -OCH3 is 1. The lowest BCUT2D eigenvalue weighted by Crippen LogP contribution is -2.13. The molecule has 108 valence electrons. The second kappa shape index (κ2) is 5.71. The summed E-state index contributed by atoms with van der Waals surface area (Å²) in [5, 5.41) is 5.32. The molecule has 0 unspecified atom stereocenters. The van der Waals surface area contributed by atoms with Crippen molar-refractivity contribution in [1.29, 1.82) is 0 Å². The number of thiophene rings is 1. The van der Waals surface area contributed by atoms with Gasteiger partial charge in [-0.05, 0) is 17.5 Å². The zero-order chi connectivity index (χ0) is 14.8. The van der Waals surface area contributed by atoms with E-state index in [-0.39, 0.29) is 5.91 Å². The number of thiazole rings is 1. The average Bonchev–Trinajstić information content (AvgIpc) is 3.06. The second-order valence-corrected chi connectivity index (χ2v) is 6.46. The topological polar surface area (TPSA) is 77.2 Å². The van der Waals surface area contributed by atoms with Crippen LogP contribution < -0.4 is 15.8 Å². The van der Waals surface area contributed by atoms with Crippen molar-refractivity contribution < 1.29 is 9.53 Å². The first-order chi connectivity index (χ1) is 10.2. The number of hydrogen-bond donors (Lipinski definition) is 2. The largest absolute Gasteiger partial charge is 0.494 e. The van der Waals surface area contributed by atoms with Crippen LogP contribution in [0.25, 0.3) is 10.2 Å². The summed E-state index contributed by atoms with van der Waals surface area (Å²) < 4.78 is 6.15. The van der Waals surface area contributed by atoms with Crippen LogP contribution in [0.5, 0.6) is 5.75 Å². The molecule has 0 spiro atoms. The van der Waals surface area contributed by atoms with E-state index in [2.05, 4.69) is 10.3 Å². The Labute approximate surface area is 129 Å². The van der Waals surface area contributed by atoms with Crippen LogP contribution in [0.3, 0.4) is 0 Å². The molecule has 0 saturated carbocycles. The summed E-state index contributed by atoms with van der Waals surface area (Å²) in [4.78, 5) is 17.4. The van der Waals surface area contributed by atoms with Crippen LogP contribution >= 0.6 is 22.7 Å². The number of amides is 1. The van der Waals surface area contributed by atoms with E-state index in [4.69, 9.17) is 10.5 Å². The number of carbonyl (C=O) groups is 1. The third kappa shape index (κ3) is 2.98. The predicted molar refractivity (Wildman–Crippen MR) is 87.2 cm³/mol. The van der Waals surface area contributed by atoms with Crippen LogP contribution in [-0.4, -0.2) is 18.0 Å². The van der Waals surface area contributed by atoms with Crippen LogP contribution in [0.1, 0.15) is 4.88 Å². The van der Waals surface area contributed by atoms with Gasteiger partial charge in [0.05, 0.1) is 18.2 Å². The molecule has 0 aliphatic carbocycles. The third-order valence-electron chi connectivity index (χ3n) is 2.86. The molecule has 0 saturated heterocycles.